The molecule has 0 spiro atoms. The first kappa shape index (κ1) is 15.0. The van der Waals surface area contributed by atoms with Gasteiger partial charge in [-0.3, -0.25) is 14.5 Å². The molecule has 1 aromatic carbocycles. The van der Waals surface area contributed by atoms with Gasteiger partial charge in [0, 0.05) is 23.7 Å². The highest BCUT2D eigenvalue weighted by Crippen LogP contribution is 2.38. The van der Waals surface area contributed by atoms with E-state index in [1.807, 2.05) is 18.2 Å². The number of fused-ring (bicyclic) bond motifs is 2. The number of esters is 1. The zero-order valence-electron chi connectivity index (χ0n) is 13.0. The molecule has 2 aliphatic rings. The summed E-state index contributed by atoms with van der Waals surface area (Å²) in [5.41, 5.74) is 0.623. The quantitative estimate of drug-likeness (QED) is 0.859. The fourth-order valence-corrected chi connectivity index (χ4v) is 3.91. The van der Waals surface area contributed by atoms with Crippen LogP contribution in [0.15, 0.2) is 30.3 Å². The molecule has 0 radical (unpaired) electrons. The second-order valence-electron chi connectivity index (χ2n) is 6.19. The number of benzene rings is 1. The average molecular weight is 302 g/mol. The van der Waals surface area contributed by atoms with Gasteiger partial charge in [-0.2, -0.15) is 0 Å². The Balaban J connectivity index is 1.79. The molecule has 2 heterocycles. The fourth-order valence-electron chi connectivity index (χ4n) is 3.91. The van der Waals surface area contributed by atoms with E-state index >= 15 is 0 Å². The number of hydrogen-bond acceptors (Lipinski definition) is 4. The van der Waals surface area contributed by atoms with Gasteiger partial charge in [-0.05, 0) is 38.4 Å². The van der Waals surface area contributed by atoms with Crippen molar-refractivity contribution >= 4 is 11.9 Å². The van der Waals surface area contributed by atoms with E-state index in [-0.39, 0.29) is 29.9 Å². The SMILES string of the molecule is COC(=O)C1C(NC(=O)c2ccccc2)CC2CC[C@H]1N2C. The van der Waals surface area contributed by atoms with Gasteiger partial charge in [-0.15, -0.1) is 0 Å². The van der Waals surface area contributed by atoms with Crippen molar-refractivity contribution in [1.29, 1.82) is 0 Å². The summed E-state index contributed by atoms with van der Waals surface area (Å²) in [4.78, 5) is 26.9. The van der Waals surface area contributed by atoms with Crippen molar-refractivity contribution in [1.82, 2.24) is 10.2 Å². The molecule has 0 aromatic heterocycles. The van der Waals surface area contributed by atoms with Crippen molar-refractivity contribution < 1.29 is 14.3 Å². The number of hydrogen-bond donors (Lipinski definition) is 1. The molecule has 3 rings (SSSR count). The number of carbonyl (C=O) groups excluding carboxylic acids is 2. The Bertz CT molecular complexity index is 560. The molecule has 5 nitrogen and oxygen atoms in total. The van der Waals surface area contributed by atoms with E-state index in [4.69, 9.17) is 4.74 Å². The summed E-state index contributed by atoms with van der Waals surface area (Å²) in [6.45, 7) is 0. The summed E-state index contributed by atoms with van der Waals surface area (Å²) in [6, 6.07) is 9.56. The van der Waals surface area contributed by atoms with E-state index in [0.29, 0.717) is 11.6 Å². The van der Waals surface area contributed by atoms with Crippen LogP contribution in [0.3, 0.4) is 0 Å². The van der Waals surface area contributed by atoms with Gasteiger partial charge in [-0.1, -0.05) is 18.2 Å². The summed E-state index contributed by atoms with van der Waals surface area (Å²) in [5.74, 6) is -0.638. The van der Waals surface area contributed by atoms with Crippen LogP contribution in [0.2, 0.25) is 0 Å². The average Bonchev–Trinajstić information content (AvgIpc) is 2.78. The van der Waals surface area contributed by atoms with Gasteiger partial charge >= 0.3 is 5.97 Å². The van der Waals surface area contributed by atoms with Gasteiger partial charge in [-0.25, -0.2) is 0 Å². The van der Waals surface area contributed by atoms with Gasteiger partial charge in [0.2, 0.25) is 0 Å². The van der Waals surface area contributed by atoms with Crippen LogP contribution in [0.4, 0.5) is 0 Å². The maximum absolute atomic E-state index is 12.4. The van der Waals surface area contributed by atoms with Gasteiger partial charge in [0.15, 0.2) is 0 Å². The summed E-state index contributed by atoms with van der Waals surface area (Å²) < 4.78 is 4.99. The van der Waals surface area contributed by atoms with E-state index in [9.17, 15) is 9.59 Å². The molecule has 3 unspecified atom stereocenters. The lowest BCUT2D eigenvalue weighted by Gasteiger charge is -2.41. The van der Waals surface area contributed by atoms with Crippen LogP contribution in [0, 0.1) is 5.92 Å². The minimum absolute atomic E-state index is 0.122. The number of nitrogens with one attached hydrogen (secondary N) is 1. The van der Waals surface area contributed by atoms with Gasteiger partial charge in [0.05, 0.1) is 13.0 Å². The predicted molar refractivity (Wildman–Crippen MR) is 82.4 cm³/mol. The number of methoxy groups -OCH3 is 1. The Kier molecular flexibility index (Phi) is 4.16. The van der Waals surface area contributed by atoms with Crippen LogP contribution in [0.25, 0.3) is 0 Å². The molecule has 5 heteroatoms. The first-order valence-electron chi connectivity index (χ1n) is 7.77. The maximum atomic E-state index is 12.4. The maximum Gasteiger partial charge on any atom is 0.312 e. The Morgan fingerprint density at radius 3 is 2.64 bits per heavy atom. The molecule has 1 N–H and O–H groups in total. The third-order valence-electron chi connectivity index (χ3n) is 5.09. The van der Waals surface area contributed by atoms with E-state index in [0.717, 1.165) is 19.3 Å². The van der Waals surface area contributed by atoms with Crippen LogP contribution in [0.1, 0.15) is 29.6 Å². The van der Waals surface area contributed by atoms with Gasteiger partial charge in [0.1, 0.15) is 0 Å². The molecule has 2 saturated heterocycles. The molecule has 1 amide bonds. The van der Waals surface area contributed by atoms with Crippen molar-refractivity contribution in [3.63, 3.8) is 0 Å². The van der Waals surface area contributed by atoms with Gasteiger partial charge in [0.25, 0.3) is 5.91 Å². The minimum atomic E-state index is -0.290. The number of amides is 1. The van der Waals surface area contributed by atoms with Crippen LogP contribution in [-0.4, -0.2) is 49.1 Å². The van der Waals surface area contributed by atoms with E-state index in [2.05, 4.69) is 17.3 Å². The van der Waals surface area contributed by atoms with Crippen LogP contribution in [-0.2, 0) is 9.53 Å². The molecule has 2 aliphatic heterocycles. The second-order valence-corrected chi connectivity index (χ2v) is 6.19. The van der Waals surface area contributed by atoms with E-state index in [1.54, 1.807) is 12.1 Å². The normalized spacial score (nSPS) is 30.8. The zero-order valence-corrected chi connectivity index (χ0v) is 13.0. The molecule has 0 saturated carbocycles. The molecule has 118 valence electrons. The fraction of sp³-hybridized carbons (Fsp3) is 0.529. The van der Waals surface area contributed by atoms with Crippen molar-refractivity contribution in [3.8, 4) is 0 Å². The molecular formula is C17H22N2O3. The highest BCUT2D eigenvalue weighted by molar-refractivity contribution is 5.94. The zero-order chi connectivity index (χ0) is 15.7. The third kappa shape index (κ3) is 2.61. The third-order valence-corrected chi connectivity index (χ3v) is 5.09. The lowest BCUT2D eigenvalue weighted by molar-refractivity contribution is -0.150. The molecule has 4 atom stereocenters. The molecule has 22 heavy (non-hydrogen) atoms. The van der Waals surface area contributed by atoms with Crippen molar-refractivity contribution in [3.05, 3.63) is 35.9 Å². The number of piperidine rings is 1. The van der Waals surface area contributed by atoms with Crippen LogP contribution >= 0.6 is 0 Å². The van der Waals surface area contributed by atoms with Gasteiger partial charge < -0.3 is 10.1 Å². The lowest BCUT2D eigenvalue weighted by atomic mass is 9.85. The largest absolute Gasteiger partial charge is 0.469 e. The molecular weight excluding hydrogens is 280 g/mol. The molecule has 2 fully saturated rings. The highest BCUT2D eigenvalue weighted by Gasteiger charge is 2.49. The lowest BCUT2D eigenvalue weighted by Crippen LogP contribution is -2.57. The first-order valence-corrected chi connectivity index (χ1v) is 7.77. The van der Waals surface area contributed by atoms with Crippen molar-refractivity contribution in [2.24, 2.45) is 5.92 Å². The highest BCUT2D eigenvalue weighted by atomic mass is 16.5. The minimum Gasteiger partial charge on any atom is -0.469 e. The number of ether oxygens (including phenoxy) is 1. The smallest absolute Gasteiger partial charge is 0.312 e. The standard InChI is InChI=1S/C17H22N2O3/c1-19-12-8-9-14(19)15(17(21)22-2)13(10-12)18-16(20)11-6-4-3-5-7-11/h3-7,12-15H,8-10H2,1-2H3,(H,18,20)/t12?,13?,14-,15?/m1/s1. The first-order chi connectivity index (χ1) is 10.6. The van der Waals surface area contributed by atoms with Crippen LogP contribution < -0.4 is 5.32 Å². The van der Waals surface area contributed by atoms with Crippen molar-refractivity contribution in [2.75, 3.05) is 14.2 Å². The summed E-state index contributed by atoms with van der Waals surface area (Å²) in [7, 11) is 3.48. The Morgan fingerprint density at radius 2 is 1.95 bits per heavy atom. The molecule has 2 bridgehead atoms. The predicted octanol–water partition coefficient (Wildman–Crippen LogP) is 1.44. The monoisotopic (exact) mass is 302 g/mol. The number of rotatable bonds is 3. The van der Waals surface area contributed by atoms with E-state index in [1.165, 1.54) is 7.11 Å². The Hall–Kier alpha value is -1.88. The number of carbonyl (C=O) groups is 2. The summed E-state index contributed by atoms with van der Waals surface area (Å²) >= 11 is 0. The summed E-state index contributed by atoms with van der Waals surface area (Å²) in [6.07, 6.45) is 2.86. The Labute approximate surface area is 130 Å². The second kappa shape index (κ2) is 6.08. The van der Waals surface area contributed by atoms with Crippen molar-refractivity contribution in [2.45, 2.75) is 37.4 Å². The van der Waals surface area contributed by atoms with Crippen LogP contribution in [0.5, 0.6) is 0 Å². The molecule has 0 aliphatic carbocycles. The van der Waals surface area contributed by atoms with E-state index < -0.39 is 0 Å². The Morgan fingerprint density at radius 1 is 1.23 bits per heavy atom. The number of nitrogens with zero attached hydrogens (tertiary/aromatic N) is 1. The summed E-state index contributed by atoms with van der Waals surface area (Å²) in [5, 5.41) is 3.06. The molecule has 1 aromatic rings. The topological polar surface area (TPSA) is 58.6 Å².